The Morgan fingerprint density at radius 3 is 1.40 bits per heavy atom. The van der Waals surface area contributed by atoms with Crippen LogP contribution in [0.2, 0.25) is 0 Å². The van der Waals surface area contributed by atoms with Gasteiger partial charge in [-0.25, -0.2) is 0 Å². The second-order valence-electron chi connectivity index (χ2n) is 2.73. The van der Waals surface area contributed by atoms with Crippen LogP contribution in [0.5, 0.6) is 0 Å². The average Bonchev–Trinajstić information content (AvgIpc) is 1.90. The molecule has 0 aromatic rings. The minimum atomic E-state index is 0.0833. The second-order valence-corrected chi connectivity index (χ2v) is 2.73. The second kappa shape index (κ2) is 7.03. The van der Waals surface area contributed by atoms with Crippen LogP contribution in [-0.2, 0) is 9.47 Å². The highest BCUT2D eigenvalue weighted by atomic mass is 16.5. The fourth-order valence-corrected chi connectivity index (χ4v) is 0.144. The van der Waals surface area contributed by atoms with Gasteiger partial charge in [0.2, 0.25) is 0 Å². The molecule has 0 heterocycles. The van der Waals surface area contributed by atoms with Crippen LogP contribution >= 0.6 is 0 Å². The first kappa shape index (κ1) is 12.6. The lowest BCUT2D eigenvalue weighted by Crippen LogP contribution is -2.20. The summed E-state index contributed by atoms with van der Waals surface area (Å²) >= 11 is 0. The summed E-state index contributed by atoms with van der Waals surface area (Å²) in [6.45, 7) is 6.27. The molecule has 0 radical (unpaired) electrons. The molecule has 0 aliphatic carbocycles. The lowest BCUT2D eigenvalue weighted by Gasteiger charge is -2.19. The Balaban J connectivity index is 0. The van der Waals surface area contributed by atoms with Crippen molar-refractivity contribution in [2.24, 2.45) is 0 Å². The average molecular weight is 148 g/mol. The fraction of sp³-hybridized carbons (Fsp3) is 1.00. The number of hydrogen-bond donors (Lipinski definition) is 0. The van der Waals surface area contributed by atoms with E-state index in [2.05, 4.69) is 25.5 Å². The molecule has 0 saturated heterocycles. The molecule has 0 unspecified atom stereocenters. The molecule has 0 spiro atoms. The topological polar surface area (TPSA) is 18.5 Å². The largest absolute Gasteiger partial charge is 0.388 e. The van der Waals surface area contributed by atoms with E-state index in [0.717, 1.165) is 6.42 Å². The highest BCUT2D eigenvalue weighted by Gasteiger charge is 2.10. The molecule has 2 heteroatoms. The molecule has 0 amide bonds. The van der Waals surface area contributed by atoms with Crippen molar-refractivity contribution in [1.29, 1.82) is 0 Å². The Morgan fingerprint density at radius 1 is 1.10 bits per heavy atom. The predicted molar refractivity (Wildman–Crippen MR) is 44.3 cm³/mol. The minimum absolute atomic E-state index is 0.0833. The maximum atomic E-state index is 5.09. The van der Waals surface area contributed by atoms with E-state index in [1.54, 1.807) is 21.3 Å². The van der Waals surface area contributed by atoms with Gasteiger partial charge in [0.05, 0.1) is 5.60 Å². The van der Waals surface area contributed by atoms with Crippen LogP contribution < -0.4 is 0 Å². The summed E-state index contributed by atoms with van der Waals surface area (Å²) in [5, 5.41) is 0. The lowest BCUT2D eigenvalue weighted by molar-refractivity contribution is 0.0196. The smallest absolute Gasteiger partial charge is 0.0620 e. The van der Waals surface area contributed by atoms with Crippen molar-refractivity contribution in [2.75, 3.05) is 21.3 Å². The van der Waals surface area contributed by atoms with Gasteiger partial charge in [-0.2, -0.15) is 0 Å². The van der Waals surface area contributed by atoms with Gasteiger partial charge in [-0.05, 0) is 20.3 Å². The normalized spacial score (nSPS) is 10.2. The molecular formula is C8H20O2. The van der Waals surface area contributed by atoms with E-state index in [-0.39, 0.29) is 5.60 Å². The summed E-state index contributed by atoms with van der Waals surface area (Å²) in [7, 11) is 4.99. The third kappa shape index (κ3) is 10.8. The van der Waals surface area contributed by atoms with Crippen LogP contribution in [0.1, 0.15) is 27.2 Å². The summed E-state index contributed by atoms with van der Waals surface area (Å²) in [5.74, 6) is 0. The quantitative estimate of drug-likeness (QED) is 0.597. The first-order valence-corrected chi connectivity index (χ1v) is 3.49. The Labute approximate surface area is 64.5 Å². The fourth-order valence-electron chi connectivity index (χ4n) is 0.144. The molecule has 0 rings (SSSR count). The highest BCUT2D eigenvalue weighted by Crippen LogP contribution is 2.10. The van der Waals surface area contributed by atoms with Crippen LogP contribution in [0.25, 0.3) is 0 Å². The monoisotopic (exact) mass is 148 g/mol. The van der Waals surface area contributed by atoms with Crippen molar-refractivity contribution in [3.63, 3.8) is 0 Å². The molecule has 0 N–H and O–H groups in total. The number of methoxy groups -OCH3 is 2. The van der Waals surface area contributed by atoms with Crippen molar-refractivity contribution in [2.45, 2.75) is 32.8 Å². The Hall–Kier alpha value is -0.0800. The van der Waals surface area contributed by atoms with Crippen molar-refractivity contribution < 1.29 is 9.47 Å². The van der Waals surface area contributed by atoms with Gasteiger partial charge < -0.3 is 9.47 Å². The molecule has 0 aliphatic heterocycles. The summed E-state index contributed by atoms with van der Waals surface area (Å²) in [4.78, 5) is 0. The van der Waals surface area contributed by atoms with Crippen molar-refractivity contribution in [1.82, 2.24) is 0 Å². The summed E-state index contributed by atoms with van der Waals surface area (Å²) in [6.07, 6.45) is 1.07. The maximum absolute atomic E-state index is 5.09. The van der Waals surface area contributed by atoms with E-state index in [9.17, 15) is 0 Å². The van der Waals surface area contributed by atoms with Gasteiger partial charge in [0.25, 0.3) is 0 Å². The zero-order chi connectivity index (χ0) is 8.62. The van der Waals surface area contributed by atoms with E-state index in [4.69, 9.17) is 4.74 Å². The van der Waals surface area contributed by atoms with Gasteiger partial charge in [-0.3, -0.25) is 0 Å². The first-order valence-electron chi connectivity index (χ1n) is 3.49. The molecule has 0 aromatic carbocycles. The molecule has 0 fully saturated rings. The molecule has 10 heavy (non-hydrogen) atoms. The van der Waals surface area contributed by atoms with E-state index >= 15 is 0 Å². The van der Waals surface area contributed by atoms with Gasteiger partial charge in [0.15, 0.2) is 0 Å². The van der Waals surface area contributed by atoms with Crippen LogP contribution in [-0.4, -0.2) is 26.9 Å². The molecule has 64 valence electrons. The Morgan fingerprint density at radius 2 is 1.40 bits per heavy atom. The molecule has 0 saturated carbocycles. The minimum Gasteiger partial charge on any atom is -0.388 e. The van der Waals surface area contributed by atoms with Crippen LogP contribution in [0.3, 0.4) is 0 Å². The lowest BCUT2D eigenvalue weighted by atomic mass is 10.1. The SMILES string of the molecule is CCC(C)(C)OC.COC. The van der Waals surface area contributed by atoms with Crippen LogP contribution in [0, 0.1) is 0 Å². The van der Waals surface area contributed by atoms with Gasteiger partial charge in [-0.1, -0.05) is 6.92 Å². The number of rotatable bonds is 2. The van der Waals surface area contributed by atoms with E-state index < -0.39 is 0 Å². The van der Waals surface area contributed by atoms with Gasteiger partial charge in [-0.15, -0.1) is 0 Å². The zero-order valence-electron chi connectivity index (χ0n) is 8.02. The van der Waals surface area contributed by atoms with Crippen molar-refractivity contribution in [3.05, 3.63) is 0 Å². The predicted octanol–water partition coefficient (Wildman–Crippen LogP) is 2.08. The van der Waals surface area contributed by atoms with Gasteiger partial charge >= 0.3 is 0 Å². The van der Waals surface area contributed by atoms with Crippen LogP contribution in [0.15, 0.2) is 0 Å². The van der Waals surface area contributed by atoms with Crippen LogP contribution in [0.4, 0.5) is 0 Å². The summed E-state index contributed by atoms with van der Waals surface area (Å²) < 4.78 is 9.34. The molecule has 0 bridgehead atoms. The van der Waals surface area contributed by atoms with Crippen molar-refractivity contribution >= 4 is 0 Å². The van der Waals surface area contributed by atoms with Crippen molar-refractivity contribution in [3.8, 4) is 0 Å². The first-order chi connectivity index (χ1) is 4.54. The molecule has 0 aliphatic rings. The van der Waals surface area contributed by atoms with E-state index in [1.165, 1.54) is 0 Å². The molecular weight excluding hydrogens is 128 g/mol. The molecule has 2 nitrogen and oxygen atoms in total. The van der Waals surface area contributed by atoms with Gasteiger partial charge in [0.1, 0.15) is 0 Å². The Kier molecular flexibility index (Phi) is 8.85. The number of hydrogen-bond acceptors (Lipinski definition) is 2. The molecule has 0 atom stereocenters. The molecule has 0 aromatic heterocycles. The zero-order valence-corrected chi connectivity index (χ0v) is 8.02. The third-order valence-corrected chi connectivity index (χ3v) is 1.40. The van der Waals surface area contributed by atoms with E-state index in [0.29, 0.717) is 0 Å². The standard InChI is InChI=1S/C6H14O.C2H6O/c1-5-6(2,3)7-4;1-3-2/h5H2,1-4H3;1-2H3. The third-order valence-electron chi connectivity index (χ3n) is 1.40. The summed E-state index contributed by atoms with van der Waals surface area (Å²) in [6, 6.07) is 0. The number of ether oxygens (including phenoxy) is 2. The van der Waals surface area contributed by atoms with Gasteiger partial charge in [0, 0.05) is 21.3 Å². The maximum Gasteiger partial charge on any atom is 0.0620 e. The Bertz CT molecular complexity index is 54.3. The summed E-state index contributed by atoms with van der Waals surface area (Å²) in [5.41, 5.74) is 0.0833. The highest BCUT2D eigenvalue weighted by molar-refractivity contribution is 4.62. The van der Waals surface area contributed by atoms with E-state index in [1.807, 2.05) is 0 Å².